The highest BCUT2D eigenvalue weighted by atomic mass is 16.3. The van der Waals surface area contributed by atoms with Gasteiger partial charge in [-0.25, -0.2) is 15.0 Å². The zero-order valence-electron chi connectivity index (χ0n) is 38.4. The molecule has 16 aromatic rings. The Kier molecular flexibility index (Phi) is 8.04. The van der Waals surface area contributed by atoms with Crippen molar-refractivity contribution in [3.05, 3.63) is 224 Å². The van der Waals surface area contributed by atoms with E-state index < -0.39 is 0 Å². The zero-order chi connectivity index (χ0) is 47.0. The van der Waals surface area contributed by atoms with Crippen molar-refractivity contribution in [3.63, 3.8) is 0 Å². The molecule has 0 amide bonds. The zero-order valence-corrected chi connectivity index (χ0v) is 38.4. The highest BCUT2D eigenvalue weighted by Gasteiger charge is 2.26. The summed E-state index contributed by atoms with van der Waals surface area (Å²) < 4.78 is 18.6. The molecule has 334 valence electrons. The lowest BCUT2D eigenvalue weighted by Crippen LogP contribution is -2.03. The van der Waals surface area contributed by atoms with E-state index in [2.05, 4.69) is 215 Å². The van der Waals surface area contributed by atoms with Crippen LogP contribution in [0.4, 0.5) is 0 Å². The van der Waals surface area contributed by atoms with E-state index in [-0.39, 0.29) is 0 Å². The highest BCUT2D eigenvalue weighted by Crippen LogP contribution is 2.45. The van der Waals surface area contributed by atoms with Crippen LogP contribution in [0.15, 0.2) is 233 Å². The Balaban J connectivity index is 1.03. The number of nitrogens with zero attached hydrogens (tertiary/aromatic N) is 5. The first-order valence-electron chi connectivity index (χ1n) is 24.3. The largest absolute Gasteiger partial charge is 0.455 e. The van der Waals surface area contributed by atoms with Gasteiger partial charge in [-0.15, -0.1) is 0 Å². The van der Waals surface area contributed by atoms with Gasteiger partial charge in [-0.05, 0) is 100 Å². The van der Waals surface area contributed by atoms with E-state index in [1.807, 2.05) is 18.2 Å². The molecule has 5 aromatic heterocycles. The number of rotatable bonds is 5. The quantitative estimate of drug-likeness (QED) is 0.172. The first kappa shape index (κ1) is 39.0. The summed E-state index contributed by atoms with van der Waals surface area (Å²) in [6.45, 7) is 0. The van der Waals surface area contributed by atoms with Gasteiger partial charge in [-0.1, -0.05) is 146 Å². The summed E-state index contributed by atoms with van der Waals surface area (Å²) in [5.41, 5.74) is 11.8. The maximum Gasteiger partial charge on any atom is 0.167 e. The third-order valence-electron chi connectivity index (χ3n) is 14.7. The summed E-state index contributed by atoms with van der Waals surface area (Å²) in [7, 11) is 0. The minimum absolute atomic E-state index is 0.504. The lowest BCUT2D eigenvalue weighted by Gasteiger charge is -2.14. The van der Waals surface area contributed by atoms with Crippen LogP contribution in [-0.2, 0) is 0 Å². The van der Waals surface area contributed by atoms with Gasteiger partial charge in [0.15, 0.2) is 23.1 Å². The molecule has 72 heavy (non-hydrogen) atoms. The second kappa shape index (κ2) is 14.8. The Bertz CT molecular complexity index is 4940. The molecule has 7 heteroatoms. The number of fused-ring (bicyclic) bond motifs is 14. The summed E-state index contributed by atoms with van der Waals surface area (Å²) in [5.74, 6) is 1.56. The molecule has 0 aliphatic carbocycles. The van der Waals surface area contributed by atoms with E-state index in [9.17, 15) is 0 Å². The average Bonchev–Trinajstić information content (AvgIpc) is 4.20. The molecule has 7 nitrogen and oxygen atoms in total. The second-order valence-corrected chi connectivity index (χ2v) is 18.7. The number of aromatic nitrogens is 5. The molecule has 0 spiro atoms. The van der Waals surface area contributed by atoms with E-state index in [1.54, 1.807) is 0 Å². The maximum atomic E-state index is 7.23. The van der Waals surface area contributed by atoms with E-state index in [1.165, 1.54) is 21.5 Å². The van der Waals surface area contributed by atoms with E-state index in [0.29, 0.717) is 17.5 Å². The maximum absolute atomic E-state index is 7.23. The lowest BCUT2D eigenvalue weighted by molar-refractivity contribution is 0.667. The van der Waals surface area contributed by atoms with Gasteiger partial charge in [-0.3, -0.25) is 0 Å². The Morgan fingerprint density at radius 2 is 0.847 bits per heavy atom. The van der Waals surface area contributed by atoms with E-state index in [4.69, 9.17) is 23.8 Å². The van der Waals surface area contributed by atoms with Gasteiger partial charge in [-0.2, -0.15) is 0 Å². The van der Waals surface area contributed by atoms with Crippen molar-refractivity contribution in [2.75, 3.05) is 0 Å². The van der Waals surface area contributed by atoms with Gasteiger partial charge < -0.3 is 18.0 Å². The van der Waals surface area contributed by atoms with Gasteiger partial charge in [0, 0.05) is 59.9 Å². The molecule has 0 fully saturated rings. The predicted molar refractivity (Wildman–Crippen MR) is 294 cm³/mol. The molecular formula is C65H37N5O2. The molecule has 0 aliphatic heterocycles. The smallest absolute Gasteiger partial charge is 0.167 e. The van der Waals surface area contributed by atoms with Crippen molar-refractivity contribution >= 4 is 109 Å². The number of benzene rings is 11. The van der Waals surface area contributed by atoms with Crippen molar-refractivity contribution in [3.8, 4) is 45.5 Å². The van der Waals surface area contributed by atoms with E-state index in [0.717, 1.165) is 116 Å². The fourth-order valence-electron chi connectivity index (χ4n) is 11.5. The fourth-order valence-corrected chi connectivity index (χ4v) is 11.5. The summed E-state index contributed by atoms with van der Waals surface area (Å²) >= 11 is 0. The molecule has 0 unspecified atom stereocenters. The Labute approximate surface area is 410 Å². The average molecular weight is 920 g/mol. The van der Waals surface area contributed by atoms with Gasteiger partial charge in [0.2, 0.25) is 0 Å². The van der Waals surface area contributed by atoms with Crippen LogP contribution in [0.5, 0.6) is 0 Å². The van der Waals surface area contributed by atoms with Crippen LogP contribution in [0.25, 0.3) is 155 Å². The molecular weight excluding hydrogens is 883 g/mol. The van der Waals surface area contributed by atoms with Crippen molar-refractivity contribution < 1.29 is 8.83 Å². The first-order chi connectivity index (χ1) is 35.7. The van der Waals surface area contributed by atoms with Crippen molar-refractivity contribution in [1.29, 1.82) is 0 Å². The highest BCUT2D eigenvalue weighted by molar-refractivity contribution is 6.20. The Hall–Kier alpha value is -9.85. The van der Waals surface area contributed by atoms with Gasteiger partial charge in [0.1, 0.15) is 16.7 Å². The molecule has 0 atom stereocenters. The second-order valence-electron chi connectivity index (χ2n) is 18.7. The fraction of sp³-hybridized carbons (Fsp3) is 0. The van der Waals surface area contributed by atoms with E-state index >= 15 is 0 Å². The Morgan fingerprint density at radius 1 is 0.306 bits per heavy atom. The number of para-hydroxylation sites is 6. The number of hydrogen-bond donors (Lipinski definition) is 0. The van der Waals surface area contributed by atoms with Crippen LogP contribution in [-0.4, -0.2) is 24.1 Å². The molecule has 0 bridgehead atoms. The minimum Gasteiger partial charge on any atom is -0.455 e. The summed E-state index contributed by atoms with van der Waals surface area (Å²) in [5, 5.41) is 13.1. The molecule has 0 saturated carbocycles. The molecule has 0 aliphatic rings. The standard InChI is InChI=1S/C65H37N5O2/c1-2-20-42(21-3-1)69-53-29-11-8-22-43(53)46-25-14-27-49(60(46)69)64-66-63(67-65(68-64)50-28-15-26-47-45-24-10-13-31-57(45)71-61(47)50)48-32-33-55(62-59(48)52-35-39-17-5-7-19-41(39)37-58(52)72-62)70-54-30-12-9-23-44(54)51-34-38-16-4-6-18-40(38)36-56(51)70/h1-37H. The van der Waals surface area contributed by atoms with Crippen LogP contribution in [0.1, 0.15) is 0 Å². The molecule has 11 aromatic carbocycles. The summed E-state index contributed by atoms with van der Waals surface area (Å²) in [6, 6.07) is 79.0. The predicted octanol–water partition coefficient (Wildman–Crippen LogP) is 17.2. The third-order valence-corrected chi connectivity index (χ3v) is 14.7. The summed E-state index contributed by atoms with van der Waals surface area (Å²) in [4.78, 5) is 16.6. The topological polar surface area (TPSA) is 74.8 Å². The van der Waals surface area contributed by atoms with Crippen molar-refractivity contribution in [2.45, 2.75) is 0 Å². The molecule has 5 heterocycles. The van der Waals surface area contributed by atoms with Gasteiger partial charge >= 0.3 is 0 Å². The lowest BCUT2D eigenvalue weighted by atomic mass is 10.0. The SMILES string of the molecule is c1ccc(-n2c3ccccc3c3cccc(-c4nc(-c5cccc6c5oc5ccccc56)nc(-c5ccc(-n6c7ccccc7c7cc8ccccc8cc76)c6oc7cc8ccccc8cc7c56)n4)c32)cc1. The Morgan fingerprint density at radius 3 is 1.61 bits per heavy atom. The van der Waals surface area contributed by atoms with Gasteiger partial charge in [0.25, 0.3) is 0 Å². The summed E-state index contributed by atoms with van der Waals surface area (Å²) in [6.07, 6.45) is 0. The van der Waals surface area contributed by atoms with Crippen LogP contribution < -0.4 is 0 Å². The first-order valence-corrected chi connectivity index (χ1v) is 24.3. The number of hydrogen-bond acceptors (Lipinski definition) is 5. The molecule has 16 rings (SSSR count). The minimum atomic E-state index is 0.504. The van der Waals surface area contributed by atoms with Crippen LogP contribution in [0.3, 0.4) is 0 Å². The van der Waals surface area contributed by atoms with Crippen LogP contribution >= 0.6 is 0 Å². The normalized spacial score (nSPS) is 12.2. The van der Waals surface area contributed by atoms with Crippen LogP contribution in [0, 0.1) is 0 Å². The van der Waals surface area contributed by atoms with Crippen molar-refractivity contribution in [1.82, 2.24) is 24.1 Å². The monoisotopic (exact) mass is 919 g/mol. The van der Waals surface area contributed by atoms with Crippen molar-refractivity contribution in [2.24, 2.45) is 0 Å². The molecule has 0 radical (unpaired) electrons. The molecule has 0 saturated heterocycles. The third kappa shape index (κ3) is 5.58. The van der Waals surface area contributed by atoms with Crippen LogP contribution in [0.2, 0.25) is 0 Å². The number of furan rings is 2. The molecule has 0 N–H and O–H groups in total. The van der Waals surface area contributed by atoms with Gasteiger partial charge in [0.05, 0.1) is 33.3 Å².